The van der Waals surface area contributed by atoms with Crippen LogP contribution in [0.15, 0.2) is 24.3 Å². The Morgan fingerprint density at radius 2 is 1.57 bits per heavy atom. The number of hydrogen-bond acceptors (Lipinski definition) is 2. The first-order valence-corrected chi connectivity index (χ1v) is 8.62. The molecule has 114 valence electrons. The van der Waals surface area contributed by atoms with Gasteiger partial charge in [0.15, 0.2) is 0 Å². The molecule has 4 aliphatic rings. The molecule has 0 amide bonds. The van der Waals surface area contributed by atoms with E-state index in [2.05, 4.69) is 24.5 Å². The molecular formula is C19H27NO. The van der Waals surface area contributed by atoms with Crippen molar-refractivity contribution in [2.45, 2.75) is 51.0 Å². The molecule has 0 heterocycles. The van der Waals surface area contributed by atoms with E-state index in [9.17, 15) is 5.11 Å². The van der Waals surface area contributed by atoms with Gasteiger partial charge in [-0.05, 0) is 92.9 Å². The molecule has 0 saturated heterocycles. The summed E-state index contributed by atoms with van der Waals surface area (Å²) in [7, 11) is 2.14. The summed E-state index contributed by atoms with van der Waals surface area (Å²) in [5, 5.41) is 13.1. The zero-order valence-electron chi connectivity index (χ0n) is 13.0. The number of nitrogens with one attached hydrogen (secondary N) is 1. The van der Waals surface area contributed by atoms with E-state index in [0.717, 1.165) is 24.2 Å². The van der Waals surface area contributed by atoms with E-state index in [1.54, 1.807) is 0 Å². The molecule has 4 aliphatic carbocycles. The van der Waals surface area contributed by atoms with Gasteiger partial charge in [0.05, 0.1) is 0 Å². The second kappa shape index (κ2) is 5.01. The molecule has 0 radical (unpaired) electrons. The summed E-state index contributed by atoms with van der Waals surface area (Å²) in [5.74, 6) is 3.39. The van der Waals surface area contributed by atoms with Crippen LogP contribution in [-0.4, -0.2) is 18.2 Å². The average molecular weight is 285 g/mol. The van der Waals surface area contributed by atoms with E-state index >= 15 is 0 Å². The third kappa shape index (κ3) is 2.38. The van der Waals surface area contributed by atoms with E-state index in [0.29, 0.717) is 17.2 Å². The highest BCUT2D eigenvalue weighted by Gasteiger charge is 2.53. The van der Waals surface area contributed by atoms with Crippen molar-refractivity contribution < 1.29 is 5.11 Å². The number of hydrogen-bond donors (Lipinski definition) is 2. The Balaban J connectivity index is 1.56. The summed E-state index contributed by atoms with van der Waals surface area (Å²) >= 11 is 0. The van der Waals surface area contributed by atoms with Gasteiger partial charge in [0.2, 0.25) is 0 Å². The van der Waals surface area contributed by atoms with Crippen LogP contribution in [0.25, 0.3) is 0 Å². The highest BCUT2D eigenvalue weighted by atomic mass is 16.3. The molecule has 1 atom stereocenters. The fourth-order valence-corrected chi connectivity index (χ4v) is 6.10. The molecule has 0 spiro atoms. The van der Waals surface area contributed by atoms with Gasteiger partial charge >= 0.3 is 0 Å². The first-order chi connectivity index (χ1) is 10.2. The van der Waals surface area contributed by atoms with Crippen molar-refractivity contribution in [3.05, 3.63) is 29.8 Å². The fourth-order valence-electron chi connectivity index (χ4n) is 6.10. The molecule has 4 saturated carbocycles. The summed E-state index contributed by atoms with van der Waals surface area (Å²) in [5.41, 5.74) is 1.89. The normalized spacial score (nSPS) is 38.6. The molecule has 0 aromatic heterocycles. The van der Waals surface area contributed by atoms with Crippen molar-refractivity contribution in [1.29, 1.82) is 0 Å². The number of phenolic OH excluding ortho intramolecular Hbond substituents is 1. The molecule has 21 heavy (non-hydrogen) atoms. The molecular weight excluding hydrogens is 258 g/mol. The van der Waals surface area contributed by atoms with Crippen LogP contribution in [-0.2, 0) is 6.42 Å². The number of benzene rings is 1. The van der Waals surface area contributed by atoms with Gasteiger partial charge in [0.25, 0.3) is 0 Å². The molecule has 0 aliphatic heterocycles. The van der Waals surface area contributed by atoms with Crippen LogP contribution in [0.3, 0.4) is 0 Å². The molecule has 1 unspecified atom stereocenters. The Labute approximate surface area is 128 Å². The van der Waals surface area contributed by atoms with Crippen molar-refractivity contribution in [1.82, 2.24) is 5.32 Å². The van der Waals surface area contributed by atoms with Crippen LogP contribution < -0.4 is 5.32 Å². The van der Waals surface area contributed by atoms with Crippen molar-refractivity contribution in [2.75, 3.05) is 7.05 Å². The second-order valence-electron chi connectivity index (χ2n) is 7.99. The van der Waals surface area contributed by atoms with Gasteiger partial charge in [-0.1, -0.05) is 12.1 Å². The summed E-state index contributed by atoms with van der Waals surface area (Å²) < 4.78 is 0. The molecule has 4 fully saturated rings. The highest BCUT2D eigenvalue weighted by molar-refractivity contribution is 5.27. The maximum absolute atomic E-state index is 9.46. The van der Waals surface area contributed by atoms with Gasteiger partial charge in [0.1, 0.15) is 5.75 Å². The highest BCUT2D eigenvalue weighted by Crippen LogP contribution is 2.61. The largest absolute Gasteiger partial charge is 0.508 e. The van der Waals surface area contributed by atoms with Crippen molar-refractivity contribution in [3.63, 3.8) is 0 Å². The smallest absolute Gasteiger partial charge is 0.115 e. The van der Waals surface area contributed by atoms with Gasteiger partial charge in [-0.3, -0.25) is 0 Å². The minimum absolute atomic E-state index is 0.370. The van der Waals surface area contributed by atoms with Crippen molar-refractivity contribution in [3.8, 4) is 5.75 Å². The topological polar surface area (TPSA) is 32.3 Å². The molecule has 2 N–H and O–H groups in total. The molecule has 1 aromatic rings. The number of likely N-dealkylation sites (N-methyl/N-ethyl adjacent to an activating group) is 1. The van der Waals surface area contributed by atoms with E-state index in [1.807, 2.05) is 12.1 Å². The lowest BCUT2D eigenvalue weighted by molar-refractivity contribution is -0.0724. The third-order valence-corrected chi connectivity index (χ3v) is 6.55. The Morgan fingerprint density at radius 3 is 2.05 bits per heavy atom. The van der Waals surface area contributed by atoms with E-state index in [4.69, 9.17) is 0 Å². The zero-order chi connectivity index (χ0) is 14.4. The summed E-state index contributed by atoms with van der Waals surface area (Å²) in [6, 6.07) is 8.40. The molecule has 1 aromatic carbocycles. The van der Waals surface area contributed by atoms with E-state index in [-0.39, 0.29) is 0 Å². The first kappa shape index (κ1) is 13.6. The lowest BCUT2D eigenvalue weighted by atomic mass is 9.47. The van der Waals surface area contributed by atoms with Gasteiger partial charge in [-0.2, -0.15) is 0 Å². The van der Waals surface area contributed by atoms with Crippen LogP contribution >= 0.6 is 0 Å². The molecule has 2 nitrogen and oxygen atoms in total. The number of rotatable bonds is 4. The van der Waals surface area contributed by atoms with Crippen LogP contribution in [0, 0.1) is 23.2 Å². The second-order valence-corrected chi connectivity index (χ2v) is 7.99. The Bertz CT molecular complexity index is 472. The molecule has 2 heteroatoms. The SMILES string of the molecule is CNC(Cc1ccc(O)cc1)C12CC3CC(CC(C3)C1)C2. The quantitative estimate of drug-likeness (QED) is 0.883. The van der Waals surface area contributed by atoms with Gasteiger partial charge < -0.3 is 10.4 Å². The van der Waals surface area contributed by atoms with Gasteiger partial charge in [-0.15, -0.1) is 0 Å². The number of aromatic hydroxyl groups is 1. The zero-order valence-corrected chi connectivity index (χ0v) is 13.0. The predicted molar refractivity (Wildman–Crippen MR) is 85.3 cm³/mol. The maximum Gasteiger partial charge on any atom is 0.115 e. The summed E-state index contributed by atoms with van der Waals surface area (Å²) in [4.78, 5) is 0. The van der Waals surface area contributed by atoms with Crippen LogP contribution in [0.2, 0.25) is 0 Å². The Morgan fingerprint density at radius 1 is 1.05 bits per heavy atom. The first-order valence-electron chi connectivity index (χ1n) is 8.62. The summed E-state index contributed by atoms with van der Waals surface area (Å²) in [6.07, 6.45) is 9.97. The van der Waals surface area contributed by atoms with Crippen LogP contribution in [0.5, 0.6) is 5.75 Å². The summed E-state index contributed by atoms with van der Waals surface area (Å²) in [6.45, 7) is 0. The van der Waals surface area contributed by atoms with Crippen LogP contribution in [0.4, 0.5) is 0 Å². The minimum atomic E-state index is 0.370. The lowest BCUT2D eigenvalue weighted by Gasteiger charge is -2.59. The lowest BCUT2D eigenvalue weighted by Crippen LogP contribution is -2.56. The third-order valence-electron chi connectivity index (χ3n) is 6.55. The maximum atomic E-state index is 9.46. The Kier molecular flexibility index (Phi) is 3.25. The van der Waals surface area contributed by atoms with Gasteiger partial charge in [-0.25, -0.2) is 0 Å². The monoisotopic (exact) mass is 285 g/mol. The fraction of sp³-hybridized carbons (Fsp3) is 0.684. The van der Waals surface area contributed by atoms with Crippen LogP contribution in [0.1, 0.15) is 44.1 Å². The average Bonchev–Trinajstić information content (AvgIpc) is 2.45. The molecule has 5 rings (SSSR count). The van der Waals surface area contributed by atoms with Gasteiger partial charge in [0, 0.05) is 6.04 Å². The minimum Gasteiger partial charge on any atom is -0.508 e. The predicted octanol–water partition coefficient (Wildman–Crippen LogP) is 3.74. The van der Waals surface area contributed by atoms with E-state index < -0.39 is 0 Å². The molecule has 4 bridgehead atoms. The van der Waals surface area contributed by atoms with Crippen molar-refractivity contribution in [2.24, 2.45) is 23.2 Å². The number of phenols is 1. The van der Waals surface area contributed by atoms with Crippen molar-refractivity contribution >= 4 is 0 Å². The van der Waals surface area contributed by atoms with E-state index in [1.165, 1.54) is 44.1 Å². The standard InChI is InChI=1S/C19H27NO/c1-20-18(9-13-2-4-17(21)5-3-13)19-10-14-6-15(11-19)8-16(7-14)12-19/h2-5,14-16,18,20-21H,6-12H2,1H3. The Hall–Kier alpha value is -1.02.